The van der Waals surface area contributed by atoms with Gasteiger partial charge in [0.05, 0.1) is 13.2 Å². The fraction of sp³-hybridized carbons (Fsp3) is 1.00. The summed E-state index contributed by atoms with van der Waals surface area (Å²) in [6.07, 6.45) is 1.11. The Labute approximate surface area is 74.9 Å². The van der Waals surface area contributed by atoms with Crippen molar-refractivity contribution in [3.8, 4) is 0 Å². The number of hydrogen-bond donors (Lipinski definition) is 0. The molecule has 0 aliphatic heterocycles. The molecule has 0 aliphatic carbocycles. The van der Waals surface area contributed by atoms with Crippen molar-refractivity contribution >= 4 is 0 Å². The molecular weight excluding hydrogens is 156 g/mol. The summed E-state index contributed by atoms with van der Waals surface area (Å²) in [5.41, 5.74) is -0.260. The molecule has 0 heterocycles. The minimum atomic E-state index is -0.260. The smallest absolute Gasteiger partial charge is 0.100 e. The highest BCUT2D eigenvalue weighted by Crippen LogP contribution is 2.14. The molecule has 0 aliphatic rings. The highest BCUT2D eigenvalue weighted by molar-refractivity contribution is 4.65. The molecule has 0 bridgehead atoms. The molecule has 0 saturated carbocycles. The summed E-state index contributed by atoms with van der Waals surface area (Å²) in [5, 5.41) is 0. The Morgan fingerprint density at radius 1 is 1.25 bits per heavy atom. The van der Waals surface area contributed by atoms with Crippen LogP contribution >= 0.6 is 0 Å². The van der Waals surface area contributed by atoms with Crippen LogP contribution in [0.3, 0.4) is 0 Å². The monoisotopic (exact) mass is 176 g/mol. The summed E-state index contributed by atoms with van der Waals surface area (Å²) in [5.74, 6) is 0. The lowest BCUT2D eigenvalue weighted by Gasteiger charge is -2.22. The first kappa shape index (κ1) is 11.9. The molecule has 0 saturated heterocycles. The summed E-state index contributed by atoms with van der Waals surface area (Å²) >= 11 is 0. The minimum Gasteiger partial charge on any atom is -0.379 e. The molecule has 0 rings (SSSR count). The molecule has 0 spiro atoms. The molecule has 0 unspecified atom stereocenters. The summed E-state index contributed by atoms with van der Waals surface area (Å²) in [4.78, 5) is 9.64. The summed E-state index contributed by atoms with van der Waals surface area (Å²) in [6, 6.07) is 0. The maximum atomic E-state index is 5.39. The maximum absolute atomic E-state index is 5.39. The second kappa shape index (κ2) is 5.51. The molecule has 0 aromatic heterocycles. The van der Waals surface area contributed by atoms with E-state index >= 15 is 0 Å². The number of ether oxygens (including phenoxy) is 1. The molecule has 0 aromatic carbocycles. The molecule has 0 radical (unpaired) electrons. The van der Waals surface area contributed by atoms with Crippen LogP contribution in [0.15, 0.2) is 0 Å². The number of rotatable bonds is 6. The third-order valence-corrected chi connectivity index (χ3v) is 1.46. The average Bonchev–Trinajstić information content (AvgIpc) is 1.85. The Morgan fingerprint density at radius 2 is 1.83 bits per heavy atom. The van der Waals surface area contributed by atoms with Gasteiger partial charge in [-0.3, -0.25) is 0 Å². The van der Waals surface area contributed by atoms with Gasteiger partial charge >= 0.3 is 0 Å². The highest BCUT2D eigenvalue weighted by atomic mass is 17.2. The maximum Gasteiger partial charge on any atom is 0.100 e. The van der Waals surface area contributed by atoms with E-state index in [0.29, 0.717) is 6.61 Å². The van der Waals surface area contributed by atoms with Gasteiger partial charge in [0, 0.05) is 13.0 Å². The minimum absolute atomic E-state index is 0.260. The molecule has 0 atom stereocenters. The van der Waals surface area contributed by atoms with Crippen molar-refractivity contribution in [2.24, 2.45) is 0 Å². The van der Waals surface area contributed by atoms with E-state index in [1.165, 1.54) is 7.11 Å². The Morgan fingerprint density at radius 3 is 2.25 bits per heavy atom. The quantitative estimate of drug-likeness (QED) is 0.458. The van der Waals surface area contributed by atoms with Crippen LogP contribution < -0.4 is 0 Å². The predicted molar refractivity (Wildman–Crippen MR) is 47.9 cm³/mol. The fourth-order valence-corrected chi connectivity index (χ4v) is 0.808. The van der Waals surface area contributed by atoms with Gasteiger partial charge in [-0.25, -0.2) is 9.78 Å². The van der Waals surface area contributed by atoms with Gasteiger partial charge in [-0.1, -0.05) is 0 Å². The lowest BCUT2D eigenvalue weighted by atomic mass is 10.1. The Hall–Kier alpha value is -0.120. The van der Waals surface area contributed by atoms with Gasteiger partial charge in [0.2, 0.25) is 0 Å². The van der Waals surface area contributed by atoms with Gasteiger partial charge in [-0.2, -0.15) is 0 Å². The first-order valence-corrected chi connectivity index (χ1v) is 4.31. The van der Waals surface area contributed by atoms with Gasteiger partial charge in [0.15, 0.2) is 0 Å². The number of hydrogen-bond acceptors (Lipinski definition) is 3. The van der Waals surface area contributed by atoms with Crippen molar-refractivity contribution < 1.29 is 14.5 Å². The standard InChI is InChI=1S/C9H20O3/c1-8(2)11-7-6-9(3,4)12-10-5/h8H,6-7H2,1-5H3. The van der Waals surface area contributed by atoms with Gasteiger partial charge in [0.25, 0.3) is 0 Å². The van der Waals surface area contributed by atoms with Gasteiger partial charge < -0.3 is 4.74 Å². The molecule has 74 valence electrons. The predicted octanol–water partition coefficient (Wildman–Crippen LogP) is 2.16. The molecule has 0 fully saturated rings. The normalized spacial score (nSPS) is 12.5. The van der Waals surface area contributed by atoms with Crippen LogP contribution in [0.5, 0.6) is 0 Å². The molecule has 0 amide bonds. The zero-order valence-electron chi connectivity index (χ0n) is 8.72. The summed E-state index contributed by atoms with van der Waals surface area (Å²) in [7, 11) is 1.52. The average molecular weight is 176 g/mol. The van der Waals surface area contributed by atoms with E-state index in [0.717, 1.165) is 6.42 Å². The Kier molecular flexibility index (Phi) is 5.46. The molecule has 0 aromatic rings. The summed E-state index contributed by atoms with van der Waals surface area (Å²) < 4.78 is 5.39. The van der Waals surface area contributed by atoms with E-state index in [1.807, 2.05) is 27.7 Å². The van der Waals surface area contributed by atoms with Crippen molar-refractivity contribution in [2.75, 3.05) is 13.7 Å². The van der Waals surface area contributed by atoms with E-state index < -0.39 is 0 Å². The third kappa shape index (κ3) is 6.58. The van der Waals surface area contributed by atoms with E-state index in [-0.39, 0.29) is 11.7 Å². The van der Waals surface area contributed by atoms with Gasteiger partial charge in [-0.15, -0.1) is 0 Å². The van der Waals surface area contributed by atoms with Crippen molar-refractivity contribution in [3.63, 3.8) is 0 Å². The van der Waals surface area contributed by atoms with E-state index in [4.69, 9.17) is 9.62 Å². The van der Waals surface area contributed by atoms with Crippen LogP contribution in [0, 0.1) is 0 Å². The van der Waals surface area contributed by atoms with Gasteiger partial charge in [-0.05, 0) is 27.7 Å². The highest BCUT2D eigenvalue weighted by Gasteiger charge is 2.19. The molecule has 3 heteroatoms. The van der Waals surface area contributed by atoms with Crippen LogP contribution in [0.25, 0.3) is 0 Å². The first-order valence-electron chi connectivity index (χ1n) is 4.31. The lowest BCUT2D eigenvalue weighted by Crippen LogP contribution is -2.26. The van der Waals surface area contributed by atoms with Gasteiger partial charge in [0.1, 0.15) is 5.60 Å². The van der Waals surface area contributed by atoms with E-state index in [2.05, 4.69) is 4.89 Å². The van der Waals surface area contributed by atoms with Crippen molar-refractivity contribution in [2.45, 2.75) is 45.8 Å². The molecule has 12 heavy (non-hydrogen) atoms. The Bertz CT molecular complexity index is 110. The summed E-state index contributed by atoms with van der Waals surface area (Å²) in [6.45, 7) is 8.68. The van der Waals surface area contributed by atoms with Crippen LogP contribution in [0.4, 0.5) is 0 Å². The largest absolute Gasteiger partial charge is 0.379 e. The second-order valence-electron chi connectivity index (χ2n) is 3.68. The van der Waals surface area contributed by atoms with E-state index in [1.54, 1.807) is 0 Å². The van der Waals surface area contributed by atoms with Crippen LogP contribution in [0.2, 0.25) is 0 Å². The Balaban J connectivity index is 3.46. The first-order chi connectivity index (χ1) is 5.48. The van der Waals surface area contributed by atoms with Crippen molar-refractivity contribution in [3.05, 3.63) is 0 Å². The van der Waals surface area contributed by atoms with Crippen molar-refractivity contribution in [1.29, 1.82) is 0 Å². The second-order valence-corrected chi connectivity index (χ2v) is 3.68. The van der Waals surface area contributed by atoms with E-state index in [9.17, 15) is 0 Å². The zero-order valence-corrected chi connectivity index (χ0v) is 8.72. The zero-order chi connectivity index (χ0) is 9.61. The fourth-order valence-electron chi connectivity index (χ4n) is 0.808. The van der Waals surface area contributed by atoms with Crippen LogP contribution in [-0.2, 0) is 14.5 Å². The third-order valence-electron chi connectivity index (χ3n) is 1.46. The van der Waals surface area contributed by atoms with Crippen LogP contribution in [0.1, 0.15) is 34.1 Å². The van der Waals surface area contributed by atoms with Crippen molar-refractivity contribution in [1.82, 2.24) is 0 Å². The molecule has 0 N–H and O–H groups in total. The molecular formula is C9H20O3. The lowest BCUT2D eigenvalue weighted by molar-refractivity contribution is -0.338. The van der Waals surface area contributed by atoms with Crippen LogP contribution in [-0.4, -0.2) is 25.4 Å². The topological polar surface area (TPSA) is 27.7 Å². The molecule has 3 nitrogen and oxygen atoms in total. The SMILES string of the molecule is COOC(C)(C)CCOC(C)C.